The number of ether oxygens (including phenoxy) is 2. The van der Waals surface area contributed by atoms with E-state index < -0.39 is 53.6 Å². The van der Waals surface area contributed by atoms with Crippen molar-refractivity contribution < 1.29 is 33.4 Å². The minimum atomic E-state index is -1.11. The molecule has 256 valence electrons. The predicted octanol–water partition coefficient (Wildman–Crippen LogP) is 4.73. The predicted molar refractivity (Wildman–Crippen MR) is 184 cm³/mol. The maximum Gasteiger partial charge on any atom is 0.408 e. The number of imide groups is 1. The molecule has 3 atom stereocenters. The van der Waals surface area contributed by atoms with Gasteiger partial charge in [0.05, 0.1) is 18.8 Å². The summed E-state index contributed by atoms with van der Waals surface area (Å²) in [6, 6.07) is 21.4. The molecule has 2 heterocycles. The Labute approximate surface area is 284 Å². The van der Waals surface area contributed by atoms with Crippen LogP contribution in [0, 0.1) is 0 Å². The van der Waals surface area contributed by atoms with Crippen LogP contribution in [0.4, 0.5) is 15.3 Å². The number of benzene rings is 3. The van der Waals surface area contributed by atoms with Gasteiger partial charge in [-0.2, -0.15) is 0 Å². The van der Waals surface area contributed by atoms with Gasteiger partial charge in [0.25, 0.3) is 0 Å². The lowest BCUT2D eigenvalue weighted by Gasteiger charge is -2.43. The van der Waals surface area contributed by atoms with Crippen molar-refractivity contribution in [1.82, 2.24) is 20.5 Å². The summed E-state index contributed by atoms with van der Waals surface area (Å²) in [5.41, 5.74) is 2.00. The number of aromatic nitrogens is 1. The first kappa shape index (κ1) is 34.7. The smallest absolute Gasteiger partial charge is 0.408 e. The summed E-state index contributed by atoms with van der Waals surface area (Å²) in [5, 5.41) is 6.43. The Morgan fingerprint density at radius 3 is 2.24 bits per heavy atom. The van der Waals surface area contributed by atoms with Crippen LogP contribution in [0.25, 0.3) is 10.9 Å². The molecule has 0 radical (unpaired) electrons. The maximum atomic E-state index is 14.2. The van der Waals surface area contributed by atoms with Crippen LogP contribution in [0.3, 0.4) is 0 Å². The molecular weight excluding hydrogens is 626 g/mol. The number of methoxy groups -OCH3 is 1. The van der Waals surface area contributed by atoms with E-state index in [1.807, 2.05) is 54.6 Å². The van der Waals surface area contributed by atoms with Gasteiger partial charge in [0.15, 0.2) is 0 Å². The van der Waals surface area contributed by atoms with Gasteiger partial charge >= 0.3 is 18.1 Å². The van der Waals surface area contributed by atoms with E-state index in [4.69, 9.17) is 9.47 Å². The quantitative estimate of drug-likeness (QED) is 0.196. The van der Waals surface area contributed by atoms with E-state index in [1.165, 1.54) is 12.0 Å². The zero-order valence-corrected chi connectivity index (χ0v) is 28.0. The van der Waals surface area contributed by atoms with Crippen LogP contribution in [0.5, 0.6) is 0 Å². The molecule has 1 aliphatic rings. The minimum Gasteiger partial charge on any atom is -0.467 e. The van der Waals surface area contributed by atoms with Crippen molar-refractivity contribution in [3.05, 3.63) is 102 Å². The van der Waals surface area contributed by atoms with Gasteiger partial charge in [-0.1, -0.05) is 66.7 Å². The highest BCUT2D eigenvalue weighted by Gasteiger charge is 2.45. The molecule has 1 saturated heterocycles. The number of alkyl carbamates (subject to hydrolysis) is 1. The normalized spacial score (nSPS) is 16.2. The first-order chi connectivity index (χ1) is 23.4. The van der Waals surface area contributed by atoms with Gasteiger partial charge < -0.3 is 30.0 Å². The third-order valence-corrected chi connectivity index (χ3v) is 8.18. The van der Waals surface area contributed by atoms with Crippen molar-refractivity contribution in [2.45, 2.75) is 63.8 Å². The first-order valence-electron chi connectivity index (χ1n) is 16.1. The Morgan fingerprint density at radius 1 is 0.918 bits per heavy atom. The van der Waals surface area contributed by atoms with Crippen molar-refractivity contribution in [1.29, 1.82) is 0 Å². The van der Waals surface area contributed by atoms with E-state index in [2.05, 4.69) is 15.6 Å². The number of nitrogens with zero attached hydrogens (tertiary/aromatic N) is 2. The highest BCUT2D eigenvalue weighted by atomic mass is 16.6. The van der Waals surface area contributed by atoms with Gasteiger partial charge in [-0.15, -0.1) is 0 Å². The monoisotopic (exact) mass is 667 g/mol. The minimum absolute atomic E-state index is 0.115. The van der Waals surface area contributed by atoms with Crippen molar-refractivity contribution >= 4 is 46.5 Å². The molecule has 1 fully saturated rings. The molecule has 0 spiro atoms. The Balaban J connectivity index is 1.43. The fourth-order valence-corrected chi connectivity index (χ4v) is 5.95. The molecule has 4 aromatic rings. The molecule has 0 bridgehead atoms. The molecule has 49 heavy (non-hydrogen) atoms. The number of urea groups is 1. The van der Waals surface area contributed by atoms with Crippen LogP contribution in [-0.2, 0) is 36.7 Å². The first-order valence-corrected chi connectivity index (χ1v) is 16.1. The Kier molecular flexibility index (Phi) is 10.7. The average Bonchev–Trinajstić information content (AvgIpc) is 3.48. The standard InChI is InChI=1S/C37H41N5O7/c1-37(2,3)49-35(46)40-30(20-25-22-38-29-18-12-11-17-28(25)29)33(44)39-23-27-21-32(43)42(26-15-9-6-10-16-26)36(47)41(27)31(34(45)48-4)19-24-13-7-5-8-14-24/h5-18,22,27,30-31,38H,19-21,23H2,1-4H3,(H,39,44)(H,40,46)/t27-,30+,31+/m1/s1. The maximum absolute atomic E-state index is 14.2. The summed E-state index contributed by atoms with van der Waals surface area (Å²) in [4.78, 5) is 73.4. The Bertz CT molecular complexity index is 1800. The van der Waals surface area contributed by atoms with Crippen molar-refractivity contribution in [3.8, 4) is 0 Å². The molecule has 0 saturated carbocycles. The van der Waals surface area contributed by atoms with E-state index >= 15 is 0 Å². The fourth-order valence-electron chi connectivity index (χ4n) is 5.95. The molecular formula is C37H41N5O7. The lowest BCUT2D eigenvalue weighted by Crippen LogP contribution is -2.65. The average molecular weight is 668 g/mol. The summed E-state index contributed by atoms with van der Waals surface area (Å²) in [5.74, 6) is -1.71. The highest BCUT2D eigenvalue weighted by Crippen LogP contribution is 2.28. The van der Waals surface area contributed by atoms with Crippen LogP contribution in [-0.4, -0.2) is 77.2 Å². The summed E-state index contributed by atoms with van der Waals surface area (Å²) < 4.78 is 10.6. The number of rotatable bonds is 11. The molecule has 3 aromatic carbocycles. The number of H-pyrrole nitrogens is 1. The van der Waals surface area contributed by atoms with Crippen molar-refractivity contribution in [2.75, 3.05) is 18.6 Å². The summed E-state index contributed by atoms with van der Waals surface area (Å²) in [7, 11) is 1.24. The number of hydrogen-bond acceptors (Lipinski definition) is 7. The molecule has 12 heteroatoms. The van der Waals surface area contributed by atoms with Crippen LogP contribution >= 0.6 is 0 Å². The summed E-state index contributed by atoms with van der Waals surface area (Å²) >= 11 is 0. The van der Waals surface area contributed by atoms with E-state index in [1.54, 1.807) is 57.3 Å². The van der Waals surface area contributed by atoms with Crippen molar-refractivity contribution in [3.63, 3.8) is 0 Å². The third kappa shape index (κ3) is 8.45. The fraction of sp³-hybridized carbons (Fsp3) is 0.324. The van der Waals surface area contributed by atoms with Crippen LogP contribution < -0.4 is 15.5 Å². The van der Waals surface area contributed by atoms with E-state index in [0.29, 0.717) is 5.69 Å². The van der Waals surface area contributed by atoms with E-state index in [0.717, 1.165) is 26.9 Å². The number of fused-ring (bicyclic) bond motifs is 1. The Morgan fingerprint density at radius 2 is 1.57 bits per heavy atom. The second-order valence-corrected chi connectivity index (χ2v) is 12.8. The number of nitrogens with one attached hydrogen (secondary N) is 3. The van der Waals surface area contributed by atoms with E-state index in [-0.39, 0.29) is 25.8 Å². The number of carbonyl (C=O) groups is 5. The third-order valence-electron chi connectivity index (χ3n) is 8.18. The second kappa shape index (κ2) is 15.1. The molecule has 1 aromatic heterocycles. The van der Waals surface area contributed by atoms with Crippen LogP contribution in [0.2, 0.25) is 0 Å². The van der Waals surface area contributed by atoms with Crippen LogP contribution in [0.15, 0.2) is 91.1 Å². The van der Waals surface area contributed by atoms with Gasteiger partial charge in [-0.3, -0.25) is 9.59 Å². The zero-order valence-electron chi connectivity index (χ0n) is 28.0. The van der Waals surface area contributed by atoms with Gasteiger partial charge in [0.1, 0.15) is 17.7 Å². The molecule has 0 aliphatic carbocycles. The SMILES string of the molecule is COC(=O)[C@H](Cc1ccccc1)N1C(=O)N(c2ccccc2)C(=O)C[C@@H]1CNC(=O)[C@H](Cc1c[nH]c2ccccc12)NC(=O)OC(C)(C)C. The summed E-state index contributed by atoms with van der Waals surface area (Å²) in [6.07, 6.45) is 1.07. The number of carbonyl (C=O) groups excluding carboxylic acids is 5. The Hall–Kier alpha value is -5.65. The molecule has 5 rings (SSSR count). The van der Waals surface area contributed by atoms with Gasteiger partial charge in [-0.05, 0) is 50.1 Å². The number of para-hydroxylation sites is 2. The van der Waals surface area contributed by atoms with Gasteiger partial charge in [-0.25, -0.2) is 19.3 Å². The molecule has 12 nitrogen and oxygen atoms in total. The molecule has 0 unspecified atom stereocenters. The highest BCUT2D eigenvalue weighted by molar-refractivity contribution is 6.16. The number of amides is 5. The van der Waals surface area contributed by atoms with Crippen molar-refractivity contribution in [2.24, 2.45) is 0 Å². The number of aromatic amines is 1. The van der Waals surface area contributed by atoms with Gasteiger partial charge in [0.2, 0.25) is 11.8 Å². The number of anilines is 1. The lowest BCUT2D eigenvalue weighted by molar-refractivity contribution is -0.147. The second-order valence-electron chi connectivity index (χ2n) is 12.8. The number of esters is 1. The van der Waals surface area contributed by atoms with E-state index in [9.17, 15) is 24.0 Å². The zero-order chi connectivity index (χ0) is 35.1. The van der Waals surface area contributed by atoms with Gasteiger partial charge in [0, 0.05) is 42.9 Å². The largest absolute Gasteiger partial charge is 0.467 e. The molecule has 1 aliphatic heterocycles. The number of hydrogen-bond donors (Lipinski definition) is 3. The molecule has 5 amide bonds. The lowest BCUT2D eigenvalue weighted by atomic mass is 9.99. The van der Waals surface area contributed by atoms with Crippen LogP contribution in [0.1, 0.15) is 38.3 Å². The molecule has 3 N–H and O–H groups in total. The topological polar surface area (TPSA) is 150 Å². The summed E-state index contributed by atoms with van der Waals surface area (Å²) in [6.45, 7) is 4.98.